The van der Waals surface area contributed by atoms with Crippen molar-refractivity contribution in [2.75, 3.05) is 6.54 Å². The topological polar surface area (TPSA) is 46.2 Å². The Bertz CT molecular complexity index is 678. The van der Waals surface area contributed by atoms with E-state index in [1.165, 1.54) is 0 Å². The number of nitrogens with one attached hydrogen (secondary N) is 1. The Morgan fingerprint density at radius 1 is 1.14 bits per heavy atom. The van der Waals surface area contributed by atoms with Gasteiger partial charge < -0.3 is 0 Å². The highest BCUT2D eigenvalue weighted by atomic mass is 35.5. The third-order valence-electron chi connectivity index (χ3n) is 3.15. The Kier molecular flexibility index (Phi) is 5.81. The predicted octanol–water partition coefficient (Wildman–Crippen LogP) is 4.01. The normalized spacial score (nSPS) is 11.7. The van der Waals surface area contributed by atoms with E-state index in [1.807, 2.05) is 18.4 Å². The number of halogens is 1. The molecule has 0 bridgehead atoms. The van der Waals surface area contributed by atoms with Crippen LogP contribution in [-0.2, 0) is 16.4 Å². The lowest BCUT2D eigenvalue weighted by Gasteiger charge is -2.07. The first-order chi connectivity index (χ1) is 9.99. The molecular formula is C15H18ClNO2S2. The van der Waals surface area contributed by atoms with Crippen LogP contribution >= 0.6 is 22.9 Å². The van der Waals surface area contributed by atoms with Crippen molar-refractivity contribution in [2.45, 2.75) is 31.1 Å². The quantitative estimate of drug-likeness (QED) is 0.772. The molecule has 0 spiro atoms. The van der Waals surface area contributed by atoms with Gasteiger partial charge in [-0.2, -0.15) is 0 Å². The maximum absolute atomic E-state index is 12.1. The molecule has 0 aliphatic carbocycles. The third-order valence-corrected chi connectivity index (χ3v) is 6.07. The van der Waals surface area contributed by atoms with E-state index in [0.717, 1.165) is 34.7 Å². The first-order valence-corrected chi connectivity index (χ1v) is 9.51. The maximum atomic E-state index is 12.1. The average Bonchev–Trinajstić information content (AvgIpc) is 2.84. The van der Waals surface area contributed by atoms with E-state index < -0.39 is 10.0 Å². The molecule has 1 N–H and O–H groups in total. The van der Waals surface area contributed by atoms with Gasteiger partial charge in [0.1, 0.15) is 0 Å². The molecule has 1 aromatic heterocycles. The fourth-order valence-corrected chi connectivity index (χ4v) is 4.17. The van der Waals surface area contributed by atoms with Crippen molar-refractivity contribution in [2.24, 2.45) is 0 Å². The van der Waals surface area contributed by atoms with Crippen LogP contribution in [0.5, 0.6) is 0 Å². The van der Waals surface area contributed by atoms with E-state index in [-0.39, 0.29) is 0 Å². The minimum atomic E-state index is -3.39. The lowest BCUT2D eigenvalue weighted by Crippen LogP contribution is -2.24. The number of rotatable bonds is 7. The second-order valence-corrected chi connectivity index (χ2v) is 8.03. The Balaban J connectivity index is 1.77. The first-order valence-electron chi connectivity index (χ1n) is 6.77. The highest BCUT2D eigenvalue weighted by Gasteiger charge is 2.12. The summed E-state index contributed by atoms with van der Waals surface area (Å²) in [5.41, 5.74) is 1.04. The summed E-state index contributed by atoms with van der Waals surface area (Å²) in [4.78, 5) is 1.48. The summed E-state index contributed by atoms with van der Waals surface area (Å²) >= 11 is 7.66. The Labute approximate surface area is 135 Å². The van der Waals surface area contributed by atoms with Gasteiger partial charge in [-0.1, -0.05) is 29.3 Å². The summed E-state index contributed by atoms with van der Waals surface area (Å²) in [6, 6.07) is 8.74. The lowest BCUT2D eigenvalue weighted by molar-refractivity contribution is 0.577. The summed E-state index contributed by atoms with van der Waals surface area (Å²) < 4.78 is 26.8. The van der Waals surface area contributed by atoms with Gasteiger partial charge in [0.25, 0.3) is 0 Å². The molecule has 0 unspecified atom stereocenters. The van der Waals surface area contributed by atoms with E-state index >= 15 is 0 Å². The van der Waals surface area contributed by atoms with E-state index in [4.69, 9.17) is 11.6 Å². The molecule has 114 valence electrons. The van der Waals surface area contributed by atoms with Crippen LogP contribution in [0.4, 0.5) is 0 Å². The van der Waals surface area contributed by atoms with Gasteiger partial charge in [-0.25, -0.2) is 13.1 Å². The monoisotopic (exact) mass is 343 g/mol. The van der Waals surface area contributed by atoms with Crippen LogP contribution in [0.2, 0.25) is 5.02 Å². The van der Waals surface area contributed by atoms with Crippen molar-refractivity contribution in [1.29, 1.82) is 0 Å². The number of hydrogen-bond donors (Lipinski definition) is 1. The molecule has 0 saturated carbocycles. The average molecular weight is 344 g/mol. The summed E-state index contributed by atoms with van der Waals surface area (Å²) in [5, 5.41) is 2.78. The van der Waals surface area contributed by atoms with Crippen molar-refractivity contribution in [3.05, 3.63) is 51.2 Å². The smallest absolute Gasteiger partial charge is 0.211 e. The largest absolute Gasteiger partial charge is 0.240 e. The zero-order valence-electron chi connectivity index (χ0n) is 11.8. The first kappa shape index (κ1) is 16.5. The van der Waals surface area contributed by atoms with Crippen LogP contribution < -0.4 is 4.72 Å². The zero-order valence-corrected chi connectivity index (χ0v) is 14.2. The molecule has 0 amide bonds. The summed E-state index contributed by atoms with van der Waals surface area (Å²) in [7, 11) is -3.39. The van der Waals surface area contributed by atoms with Crippen molar-refractivity contribution in [1.82, 2.24) is 4.72 Å². The fraction of sp³-hybridized carbons (Fsp3) is 0.333. The molecule has 0 aliphatic heterocycles. The lowest BCUT2D eigenvalue weighted by atomic mass is 10.2. The molecular weight excluding hydrogens is 326 g/mol. The molecule has 2 rings (SSSR count). The van der Waals surface area contributed by atoms with Gasteiger partial charge in [-0.05, 0) is 49.8 Å². The Hall–Kier alpha value is -0.880. The third kappa shape index (κ3) is 4.81. The van der Waals surface area contributed by atoms with Gasteiger partial charge in [0.2, 0.25) is 10.0 Å². The summed E-state index contributed by atoms with van der Waals surface area (Å²) in [6.07, 6.45) is 2.60. The van der Waals surface area contributed by atoms with Gasteiger partial charge >= 0.3 is 0 Å². The van der Waals surface area contributed by atoms with E-state index in [2.05, 4.69) is 4.72 Å². The van der Waals surface area contributed by atoms with Gasteiger partial charge in [-0.15, -0.1) is 11.3 Å². The van der Waals surface area contributed by atoms with Gasteiger partial charge in [0, 0.05) is 11.4 Å². The van der Waals surface area contributed by atoms with E-state index in [9.17, 15) is 8.42 Å². The molecule has 2 aromatic rings. The number of sulfonamides is 1. The SMILES string of the molecule is Cc1ccc(S(=O)(=O)NCCCCc2sccc2Cl)cc1. The van der Waals surface area contributed by atoms with Crippen LogP contribution in [0.25, 0.3) is 0 Å². The molecule has 3 nitrogen and oxygen atoms in total. The summed E-state index contributed by atoms with van der Waals surface area (Å²) in [6.45, 7) is 2.37. The van der Waals surface area contributed by atoms with Crippen molar-refractivity contribution >= 4 is 33.0 Å². The van der Waals surface area contributed by atoms with Gasteiger partial charge in [-0.3, -0.25) is 0 Å². The number of unbranched alkanes of at least 4 members (excludes halogenated alkanes) is 1. The second-order valence-electron chi connectivity index (χ2n) is 4.86. The van der Waals surface area contributed by atoms with Crippen LogP contribution in [-0.4, -0.2) is 15.0 Å². The highest BCUT2D eigenvalue weighted by Crippen LogP contribution is 2.23. The van der Waals surface area contributed by atoms with Crippen LogP contribution in [0.1, 0.15) is 23.3 Å². The highest BCUT2D eigenvalue weighted by molar-refractivity contribution is 7.89. The fourth-order valence-electron chi connectivity index (χ4n) is 1.92. The predicted molar refractivity (Wildman–Crippen MR) is 88.6 cm³/mol. The van der Waals surface area contributed by atoms with Crippen LogP contribution in [0.15, 0.2) is 40.6 Å². The van der Waals surface area contributed by atoms with Crippen LogP contribution in [0, 0.1) is 6.92 Å². The van der Waals surface area contributed by atoms with E-state index in [0.29, 0.717) is 11.4 Å². The number of benzene rings is 1. The molecule has 0 saturated heterocycles. The Morgan fingerprint density at radius 2 is 1.86 bits per heavy atom. The second kappa shape index (κ2) is 7.40. The van der Waals surface area contributed by atoms with Crippen LogP contribution in [0.3, 0.4) is 0 Å². The van der Waals surface area contributed by atoms with Crippen molar-refractivity contribution < 1.29 is 8.42 Å². The van der Waals surface area contributed by atoms with E-state index in [1.54, 1.807) is 35.6 Å². The standard InChI is InChI=1S/C15H18ClNO2S2/c1-12-5-7-13(8-6-12)21(18,19)17-10-3-2-4-15-14(16)9-11-20-15/h5-9,11,17H,2-4,10H2,1H3. The molecule has 6 heteroatoms. The molecule has 0 aliphatic rings. The van der Waals surface area contributed by atoms with Crippen molar-refractivity contribution in [3.8, 4) is 0 Å². The van der Waals surface area contributed by atoms with Gasteiger partial charge in [0.05, 0.1) is 9.92 Å². The molecule has 0 fully saturated rings. The number of thiophene rings is 1. The Morgan fingerprint density at radius 3 is 2.48 bits per heavy atom. The molecule has 0 radical (unpaired) electrons. The summed E-state index contributed by atoms with van der Waals surface area (Å²) in [5.74, 6) is 0. The zero-order chi connectivity index (χ0) is 15.3. The molecule has 1 heterocycles. The molecule has 0 atom stereocenters. The minimum absolute atomic E-state index is 0.314. The van der Waals surface area contributed by atoms with Gasteiger partial charge in [0.15, 0.2) is 0 Å². The maximum Gasteiger partial charge on any atom is 0.240 e. The minimum Gasteiger partial charge on any atom is -0.211 e. The number of hydrogen-bond acceptors (Lipinski definition) is 3. The molecule has 21 heavy (non-hydrogen) atoms. The van der Waals surface area contributed by atoms with Crippen molar-refractivity contribution in [3.63, 3.8) is 0 Å². The molecule has 1 aromatic carbocycles. The number of aryl methyl sites for hydroxylation is 2.